The normalized spacial score (nSPS) is 15.2. The number of nitrogens with two attached hydrogens (primary N) is 1. The van der Waals surface area contributed by atoms with Crippen LogP contribution in [-0.4, -0.2) is 28.0 Å². The third-order valence-electron chi connectivity index (χ3n) is 3.64. The molecule has 1 aliphatic heterocycles. The first-order chi connectivity index (χ1) is 10.1. The zero-order valence-corrected chi connectivity index (χ0v) is 12.0. The van der Waals surface area contributed by atoms with Gasteiger partial charge in [0.05, 0.1) is 5.56 Å². The topological polar surface area (TPSA) is 67.9 Å². The van der Waals surface area contributed by atoms with Crippen LogP contribution in [0.3, 0.4) is 0 Å². The van der Waals surface area contributed by atoms with Crippen LogP contribution in [0, 0.1) is 12.7 Å². The van der Waals surface area contributed by atoms with Crippen molar-refractivity contribution >= 4 is 11.9 Å². The second kappa shape index (κ2) is 5.63. The molecule has 1 saturated heterocycles. The van der Waals surface area contributed by atoms with Gasteiger partial charge in [-0.25, -0.2) is 4.39 Å². The number of piperidine rings is 1. The van der Waals surface area contributed by atoms with E-state index in [1.54, 1.807) is 12.1 Å². The lowest BCUT2D eigenvalue weighted by molar-refractivity contribution is 0.567. The van der Waals surface area contributed by atoms with E-state index < -0.39 is 0 Å². The van der Waals surface area contributed by atoms with Gasteiger partial charge in [-0.3, -0.25) is 0 Å². The summed E-state index contributed by atoms with van der Waals surface area (Å²) in [4.78, 5) is 14.8. The summed E-state index contributed by atoms with van der Waals surface area (Å²) in [7, 11) is 0. The molecular weight excluding hydrogens is 269 g/mol. The minimum absolute atomic E-state index is 0.126. The maximum absolute atomic E-state index is 14.0. The van der Waals surface area contributed by atoms with Gasteiger partial charge in [-0.2, -0.15) is 15.0 Å². The van der Waals surface area contributed by atoms with Crippen LogP contribution in [0.15, 0.2) is 18.2 Å². The van der Waals surface area contributed by atoms with Crippen molar-refractivity contribution in [3.8, 4) is 11.4 Å². The number of rotatable bonds is 2. The summed E-state index contributed by atoms with van der Waals surface area (Å²) < 4.78 is 14.0. The molecule has 5 nitrogen and oxygen atoms in total. The molecule has 0 bridgehead atoms. The van der Waals surface area contributed by atoms with Crippen molar-refractivity contribution in [2.45, 2.75) is 26.2 Å². The van der Waals surface area contributed by atoms with Gasteiger partial charge >= 0.3 is 0 Å². The highest BCUT2D eigenvalue weighted by Crippen LogP contribution is 2.24. The van der Waals surface area contributed by atoms with Crippen LogP contribution in [0.4, 0.5) is 16.3 Å². The molecule has 21 heavy (non-hydrogen) atoms. The van der Waals surface area contributed by atoms with Crippen LogP contribution in [0.25, 0.3) is 11.4 Å². The van der Waals surface area contributed by atoms with Crippen LogP contribution in [0.1, 0.15) is 24.8 Å². The number of nitrogens with zero attached hydrogens (tertiary/aromatic N) is 4. The van der Waals surface area contributed by atoms with E-state index >= 15 is 0 Å². The average molecular weight is 287 g/mol. The zero-order chi connectivity index (χ0) is 14.8. The molecule has 0 atom stereocenters. The number of hydrogen-bond acceptors (Lipinski definition) is 5. The second-order valence-electron chi connectivity index (χ2n) is 5.35. The van der Waals surface area contributed by atoms with E-state index in [9.17, 15) is 4.39 Å². The van der Waals surface area contributed by atoms with Crippen molar-refractivity contribution < 1.29 is 4.39 Å². The Morgan fingerprint density at radius 1 is 1.10 bits per heavy atom. The van der Waals surface area contributed by atoms with Gasteiger partial charge in [-0.05, 0) is 38.3 Å². The Hall–Kier alpha value is -2.24. The Morgan fingerprint density at radius 2 is 1.86 bits per heavy atom. The lowest BCUT2D eigenvalue weighted by atomic mass is 10.1. The van der Waals surface area contributed by atoms with Crippen molar-refractivity contribution in [1.29, 1.82) is 0 Å². The highest BCUT2D eigenvalue weighted by atomic mass is 19.1. The molecule has 110 valence electrons. The Bertz CT molecular complexity index is 653. The molecule has 2 aromatic rings. The van der Waals surface area contributed by atoms with Crippen LogP contribution in [-0.2, 0) is 0 Å². The van der Waals surface area contributed by atoms with E-state index in [1.165, 1.54) is 12.5 Å². The Morgan fingerprint density at radius 3 is 2.62 bits per heavy atom. The fourth-order valence-corrected chi connectivity index (χ4v) is 2.55. The minimum atomic E-state index is -0.351. The van der Waals surface area contributed by atoms with E-state index in [0.29, 0.717) is 17.3 Å². The molecule has 0 amide bonds. The van der Waals surface area contributed by atoms with Gasteiger partial charge in [0, 0.05) is 13.1 Å². The van der Waals surface area contributed by atoms with Crippen molar-refractivity contribution in [2.24, 2.45) is 0 Å². The molecule has 1 aromatic carbocycles. The quantitative estimate of drug-likeness (QED) is 0.919. The molecule has 6 heteroatoms. The van der Waals surface area contributed by atoms with E-state index in [2.05, 4.69) is 19.9 Å². The van der Waals surface area contributed by atoms with Gasteiger partial charge < -0.3 is 10.6 Å². The first-order valence-corrected chi connectivity index (χ1v) is 7.16. The first-order valence-electron chi connectivity index (χ1n) is 7.16. The molecule has 1 aromatic heterocycles. The summed E-state index contributed by atoms with van der Waals surface area (Å²) >= 11 is 0. The number of aromatic nitrogens is 3. The van der Waals surface area contributed by atoms with Gasteiger partial charge in [-0.15, -0.1) is 0 Å². The maximum Gasteiger partial charge on any atom is 0.230 e. The molecule has 2 heterocycles. The standard InChI is InChI=1S/C15H18FN5/c1-10-5-6-12(16)11(9-10)13-18-14(17)20-15(19-13)21-7-3-2-4-8-21/h5-6,9H,2-4,7-8H2,1H3,(H2,17,18,19,20). The molecule has 2 N–H and O–H groups in total. The smallest absolute Gasteiger partial charge is 0.230 e. The fraction of sp³-hybridized carbons (Fsp3) is 0.400. The van der Waals surface area contributed by atoms with E-state index in [-0.39, 0.29) is 11.8 Å². The molecule has 0 radical (unpaired) electrons. The zero-order valence-electron chi connectivity index (χ0n) is 12.0. The second-order valence-corrected chi connectivity index (χ2v) is 5.35. The molecule has 1 fully saturated rings. The van der Waals surface area contributed by atoms with Crippen LogP contribution in [0.5, 0.6) is 0 Å². The third-order valence-corrected chi connectivity index (χ3v) is 3.64. The summed E-state index contributed by atoms with van der Waals surface area (Å²) in [5, 5.41) is 0. The van der Waals surface area contributed by atoms with E-state index in [1.807, 2.05) is 6.92 Å². The van der Waals surface area contributed by atoms with Crippen LogP contribution >= 0.6 is 0 Å². The monoisotopic (exact) mass is 287 g/mol. The Kier molecular flexibility index (Phi) is 3.68. The average Bonchev–Trinajstić information content (AvgIpc) is 2.50. The molecule has 0 unspecified atom stereocenters. The number of hydrogen-bond donors (Lipinski definition) is 1. The summed E-state index contributed by atoms with van der Waals surface area (Å²) in [5.41, 5.74) is 7.09. The molecule has 3 rings (SSSR count). The lowest BCUT2D eigenvalue weighted by Gasteiger charge is -2.26. The van der Waals surface area contributed by atoms with Crippen molar-refractivity contribution in [1.82, 2.24) is 15.0 Å². The largest absolute Gasteiger partial charge is 0.368 e. The number of anilines is 2. The lowest BCUT2D eigenvalue weighted by Crippen LogP contribution is -2.31. The summed E-state index contributed by atoms with van der Waals surface area (Å²) in [6.07, 6.45) is 3.44. The van der Waals surface area contributed by atoms with Crippen molar-refractivity contribution in [3.63, 3.8) is 0 Å². The Balaban J connectivity index is 2.02. The fourth-order valence-electron chi connectivity index (χ4n) is 2.55. The van der Waals surface area contributed by atoms with Gasteiger partial charge in [0.2, 0.25) is 11.9 Å². The number of nitrogen functional groups attached to an aromatic ring is 1. The summed E-state index contributed by atoms with van der Waals surface area (Å²) in [6, 6.07) is 4.87. The Labute approximate surface area is 123 Å². The molecular formula is C15H18FN5. The predicted octanol–water partition coefficient (Wildman–Crippen LogP) is 2.56. The molecule has 0 aliphatic carbocycles. The predicted molar refractivity (Wildman–Crippen MR) is 80.4 cm³/mol. The van der Waals surface area contributed by atoms with E-state index in [4.69, 9.17) is 5.73 Å². The first kappa shape index (κ1) is 13.7. The minimum Gasteiger partial charge on any atom is -0.368 e. The van der Waals surface area contributed by atoms with Crippen LogP contribution in [0.2, 0.25) is 0 Å². The maximum atomic E-state index is 14.0. The third kappa shape index (κ3) is 2.94. The van der Waals surface area contributed by atoms with Gasteiger partial charge in [-0.1, -0.05) is 11.6 Å². The number of halogens is 1. The highest BCUT2D eigenvalue weighted by Gasteiger charge is 2.17. The SMILES string of the molecule is Cc1ccc(F)c(-c2nc(N)nc(N3CCCCC3)n2)c1. The van der Waals surface area contributed by atoms with Crippen molar-refractivity contribution in [2.75, 3.05) is 23.7 Å². The highest BCUT2D eigenvalue weighted by molar-refractivity contribution is 5.59. The number of aryl methyl sites for hydroxylation is 1. The molecule has 1 aliphatic rings. The summed E-state index contributed by atoms with van der Waals surface area (Å²) in [6.45, 7) is 3.71. The molecule has 0 spiro atoms. The number of benzene rings is 1. The molecule has 0 saturated carbocycles. The van der Waals surface area contributed by atoms with Gasteiger partial charge in [0.25, 0.3) is 0 Å². The van der Waals surface area contributed by atoms with Gasteiger partial charge in [0.1, 0.15) is 5.82 Å². The van der Waals surface area contributed by atoms with Gasteiger partial charge in [0.15, 0.2) is 5.82 Å². The van der Waals surface area contributed by atoms with E-state index in [0.717, 1.165) is 31.5 Å². The summed E-state index contributed by atoms with van der Waals surface area (Å²) in [5.74, 6) is 0.611. The van der Waals surface area contributed by atoms with Crippen LogP contribution < -0.4 is 10.6 Å². The van der Waals surface area contributed by atoms with Crippen molar-refractivity contribution in [3.05, 3.63) is 29.6 Å².